The summed E-state index contributed by atoms with van der Waals surface area (Å²) in [6.07, 6.45) is 0. The van der Waals surface area contributed by atoms with E-state index in [0.29, 0.717) is 11.1 Å². The molecule has 0 aliphatic carbocycles. The van der Waals surface area contributed by atoms with E-state index in [1.807, 2.05) is 48.5 Å². The van der Waals surface area contributed by atoms with Gasteiger partial charge in [-0.15, -0.1) is 7.20 Å². The molecule has 0 spiro atoms. The molecule has 0 amide bonds. The molecule has 0 atom stereocenters. The van der Waals surface area contributed by atoms with Crippen LogP contribution in [0, 0.1) is 29.6 Å². The summed E-state index contributed by atoms with van der Waals surface area (Å²) >= 11 is 2.55. The van der Waals surface area contributed by atoms with Crippen LogP contribution in [-0.2, 0) is 0 Å². The number of benzene rings is 3. The van der Waals surface area contributed by atoms with Gasteiger partial charge >= 0.3 is 0 Å². The van der Waals surface area contributed by atoms with Crippen LogP contribution in [0.25, 0.3) is 0 Å². The maximum absolute atomic E-state index is 9.08. The second kappa shape index (κ2) is 7.31. The largest absolute Gasteiger partial charge is 0.192 e. The van der Waals surface area contributed by atoms with Crippen molar-refractivity contribution in [1.29, 1.82) is 10.5 Å². The van der Waals surface area contributed by atoms with Gasteiger partial charge in [-0.2, -0.15) is 10.5 Å². The summed E-state index contributed by atoms with van der Waals surface area (Å²) in [5, 5.41) is 18.2. The summed E-state index contributed by atoms with van der Waals surface area (Å²) in [6.45, 7) is 2.08. The zero-order valence-corrected chi connectivity index (χ0v) is 16.6. The average Bonchev–Trinajstić information content (AvgIpc) is 2.68. The average molecular weight is 454 g/mol. The van der Waals surface area contributed by atoms with Gasteiger partial charge in [-0.25, -0.2) is 0 Å². The molecule has 122 valence electrons. The number of halogens is 1. The Hall–Kier alpha value is -2.28. The Morgan fingerprint density at radius 1 is 0.640 bits per heavy atom. The maximum Gasteiger partial charge on any atom is 0.0991 e. The standard InChI is InChI=1S/C21H15IN2S/c1-16-2-8-19(9-3-16)25(22,20-10-4-17(14-23)5-11-20)21-12-6-18(15-24)7-13-21/h2-13H,1H3. The van der Waals surface area contributed by atoms with Gasteiger partial charge in [0, 0.05) is 14.7 Å². The Kier molecular flexibility index (Phi) is 5.13. The van der Waals surface area contributed by atoms with E-state index >= 15 is 0 Å². The minimum absolute atomic E-state index is 0.658. The predicted octanol–water partition coefficient (Wildman–Crippen LogP) is 6.37. The SMILES string of the molecule is Cc1ccc(S(I)(c2ccc(C#N)cc2)c2ccc(C#N)cc2)cc1. The van der Waals surface area contributed by atoms with E-state index in [1.54, 1.807) is 0 Å². The van der Waals surface area contributed by atoms with Crippen LogP contribution in [0.2, 0.25) is 0 Å². The first-order chi connectivity index (χ1) is 12.1. The Morgan fingerprint density at radius 3 is 1.28 bits per heavy atom. The van der Waals surface area contributed by atoms with Crippen LogP contribution in [0.5, 0.6) is 0 Å². The molecule has 3 aromatic carbocycles. The highest BCUT2D eigenvalue weighted by molar-refractivity contribution is 14.2. The minimum atomic E-state index is -1.49. The molecule has 0 radical (unpaired) electrons. The van der Waals surface area contributed by atoms with Crippen LogP contribution in [0.4, 0.5) is 0 Å². The van der Waals surface area contributed by atoms with E-state index in [1.165, 1.54) is 20.2 Å². The lowest BCUT2D eigenvalue weighted by molar-refractivity contribution is 1.30. The van der Waals surface area contributed by atoms with Crippen molar-refractivity contribution >= 4 is 28.4 Å². The van der Waals surface area contributed by atoms with Gasteiger partial charge in [-0.05, 0) is 88.8 Å². The van der Waals surface area contributed by atoms with Crippen LogP contribution in [0.3, 0.4) is 0 Å². The molecular formula is C21H15IN2S. The molecule has 3 rings (SSSR count). The highest BCUT2D eigenvalue weighted by atomic mass is 127. The molecule has 0 aliphatic rings. The first-order valence-corrected chi connectivity index (χ1v) is 11.9. The zero-order chi connectivity index (χ0) is 17.9. The smallest absolute Gasteiger partial charge is 0.0991 e. The van der Waals surface area contributed by atoms with Crippen LogP contribution in [0.15, 0.2) is 87.5 Å². The normalized spacial score (nSPS) is 11.4. The Bertz CT molecular complexity index is 905. The van der Waals surface area contributed by atoms with Gasteiger partial charge in [-0.3, -0.25) is 0 Å². The third kappa shape index (κ3) is 3.42. The Morgan fingerprint density at radius 2 is 0.960 bits per heavy atom. The summed E-state index contributed by atoms with van der Waals surface area (Å²) in [5.41, 5.74) is 2.54. The third-order valence-electron chi connectivity index (χ3n) is 3.96. The van der Waals surface area contributed by atoms with Crippen LogP contribution in [-0.4, -0.2) is 0 Å². The molecule has 0 heterocycles. The summed E-state index contributed by atoms with van der Waals surface area (Å²) in [4.78, 5) is 3.61. The van der Waals surface area contributed by atoms with Crippen LogP contribution < -0.4 is 0 Å². The second-order valence-corrected chi connectivity index (χ2v) is 12.1. The zero-order valence-electron chi connectivity index (χ0n) is 13.6. The third-order valence-corrected chi connectivity index (χ3v) is 11.3. The predicted molar refractivity (Wildman–Crippen MR) is 110 cm³/mol. The number of rotatable bonds is 3. The van der Waals surface area contributed by atoms with Gasteiger partial charge in [0.2, 0.25) is 0 Å². The summed E-state index contributed by atoms with van der Waals surface area (Å²) in [7, 11) is -1.49. The van der Waals surface area contributed by atoms with E-state index in [4.69, 9.17) is 10.5 Å². The van der Waals surface area contributed by atoms with Crippen molar-refractivity contribution in [1.82, 2.24) is 0 Å². The van der Waals surface area contributed by atoms with E-state index in [-0.39, 0.29) is 0 Å². The van der Waals surface area contributed by atoms with Crippen molar-refractivity contribution in [2.45, 2.75) is 21.6 Å². The van der Waals surface area contributed by atoms with Gasteiger partial charge in [0.15, 0.2) is 0 Å². The lowest BCUT2D eigenvalue weighted by Gasteiger charge is -2.35. The van der Waals surface area contributed by atoms with Gasteiger partial charge in [0.1, 0.15) is 0 Å². The quantitative estimate of drug-likeness (QED) is 0.432. The van der Waals surface area contributed by atoms with Gasteiger partial charge < -0.3 is 0 Å². The topological polar surface area (TPSA) is 47.6 Å². The number of nitrogens with zero attached hydrogens (tertiary/aromatic N) is 2. The Labute approximate surface area is 161 Å². The molecule has 0 N–H and O–H groups in total. The van der Waals surface area contributed by atoms with Crippen molar-refractivity contribution < 1.29 is 0 Å². The van der Waals surface area contributed by atoms with E-state index in [0.717, 1.165) is 0 Å². The molecule has 0 unspecified atom stereocenters. The fraction of sp³-hybridized carbons (Fsp3) is 0.0476. The number of hydrogen-bond donors (Lipinski definition) is 0. The van der Waals surface area contributed by atoms with Crippen LogP contribution in [0.1, 0.15) is 16.7 Å². The summed E-state index contributed by atoms with van der Waals surface area (Å²) < 4.78 is 0. The number of hydrogen-bond acceptors (Lipinski definition) is 2. The van der Waals surface area contributed by atoms with Gasteiger partial charge in [-0.1, -0.05) is 17.7 Å². The van der Waals surface area contributed by atoms with Crippen molar-refractivity contribution in [3.8, 4) is 12.1 Å². The molecule has 25 heavy (non-hydrogen) atoms. The van der Waals surface area contributed by atoms with E-state index < -0.39 is 7.20 Å². The number of nitriles is 2. The molecule has 0 saturated heterocycles. The van der Waals surface area contributed by atoms with Crippen molar-refractivity contribution in [3.05, 3.63) is 89.5 Å². The van der Waals surface area contributed by atoms with Crippen molar-refractivity contribution in [2.24, 2.45) is 0 Å². The highest BCUT2D eigenvalue weighted by Gasteiger charge is 2.28. The molecule has 2 nitrogen and oxygen atoms in total. The fourth-order valence-electron chi connectivity index (χ4n) is 2.57. The monoisotopic (exact) mass is 454 g/mol. The molecular weight excluding hydrogens is 439 g/mol. The summed E-state index contributed by atoms with van der Waals surface area (Å²) in [5.74, 6) is 0. The molecule has 0 bridgehead atoms. The molecule has 3 aromatic rings. The molecule has 0 aromatic heterocycles. The first kappa shape index (κ1) is 17.5. The van der Waals surface area contributed by atoms with Crippen molar-refractivity contribution in [3.63, 3.8) is 0 Å². The van der Waals surface area contributed by atoms with E-state index in [2.05, 4.69) is 64.5 Å². The molecule has 0 aliphatic heterocycles. The van der Waals surface area contributed by atoms with Gasteiger partial charge in [0.05, 0.1) is 23.3 Å². The van der Waals surface area contributed by atoms with Gasteiger partial charge in [0.25, 0.3) is 0 Å². The summed E-state index contributed by atoms with van der Waals surface area (Å²) in [6, 6.07) is 28.6. The van der Waals surface area contributed by atoms with Crippen LogP contribution >= 0.6 is 28.4 Å². The lowest BCUT2D eigenvalue weighted by Crippen LogP contribution is -1.97. The Balaban J connectivity index is 2.20. The van der Waals surface area contributed by atoms with Crippen molar-refractivity contribution in [2.75, 3.05) is 0 Å². The number of aryl methyl sites for hydroxylation is 1. The molecule has 0 saturated carbocycles. The van der Waals surface area contributed by atoms with E-state index in [9.17, 15) is 0 Å². The molecule has 4 heteroatoms. The lowest BCUT2D eigenvalue weighted by atomic mass is 10.2. The molecule has 0 fully saturated rings. The second-order valence-electron chi connectivity index (χ2n) is 5.62. The first-order valence-electron chi connectivity index (χ1n) is 7.68. The maximum atomic E-state index is 9.08. The minimum Gasteiger partial charge on any atom is -0.192 e. The highest BCUT2D eigenvalue weighted by Crippen LogP contribution is 2.74. The fourth-order valence-corrected chi connectivity index (χ4v) is 7.56.